The topological polar surface area (TPSA) is 56.2 Å². The Morgan fingerprint density at radius 2 is 1.92 bits per heavy atom. The zero-order valence-electron chi connectivity index (χ0n) is 14.9. The number of nitrogens with one attached hydrogen (secondary N) is 1. The van der Waals surface area contributed by atoms with E-state index in [0.717, 1.165) is 5.56 Å². The van der Waals surface area contributed by atoms with Crippen LogP contribution in [0.15, 0.2) is 0 Å². The van der Waals surface area contributed by atoms with E-state index >= 15 is 0 Å². The quantitative estimate of drug-likeness (QED) is 0.876. The molecule has 0 spiro atoms. The van der Waals surface area contributed by atoms with Crippen molar-refractivity contribution in [3.05, 3.63) is 11.3 Å². The summed E-state index contributed by atoms with van der Waals surface area (Å²) in [6, 6.07) is 0. The maximum atomic E-state index is 13.3. The lowest BCUT2D eigenvalue weighted by Crippen LogP contribution is -2.36. The Morgan fingerprint density at radius 1 is 1.32 bits per heavy atom. The van der Waals surface area contributed by atoms with Gasteiger partial charge in [-0.05, 0) is 5.41 Å². The van der Waals surface area contributed by atoms with E-state index in [4.69, 9.17) is 4.74 Å². The Morgan fingerprint density at radius 3 is 2.40 bits per heavy atom. The van der Waals surface area contributed by atoms with Gasteiger partial charge in [0.15, 0.2) is 0 Å². The summed E-state index contributed by atoms with van der Waals surface area (Å²) in [7, 11) is 1.66. The van der Waals surface area contributed by atoms with E-state index in [2.05, 4.69) is 10.4 Å². The molecular weight excluding hydrogens is 335 g/mol. The first-order chi connectivity index (χ1) is 11.5. The van der Waals surface area contributed by atoms with E-state index in [0.29, 0.717) is 11.5 Å². The van der Waals surface area contributed by atoms with Crippen molar-refractivity contribution in [3.8, 4) is 0 Å². The van der Waals surface area contributed by atoms with Crippen molar-refractivity contribution < 1.29 is 22.7 Å². The molecule has 8 heteroatoms. The van der Waals surface area contributed by atoms with Gasteiger partial charge in [-0.15, -0.1) is 0 Å². The second kappa shape index (κ2) is 5.92. The summed E-state index contributed by atoms with van der Waals surface area (Å²) in [5, 5.41) is 7.07. The number of carbonyl (C=O) groups is 1. The summed E-state index contributed by atoms with van der Waals surface area (Å²) in [6.45, 7) is 5.83. The fraction of sp³-hybridized carbons (Fsp3) is 0.765. The van der Waals surface area contributed by atoms with Gasteiger partial charge in [-0.25, -0.2) is 18.0 Å². The van der Waals surface area contributed by atoms with E-state index in [1.807, 2.05) is 20.8 Å². The third kappa shape index (κ3) is 3.62. The normalized spacial score (nSPS) is 25.9. The van der Waals surface area contributed by atoms with Crippen molar-refractivity contribution >= 4 is 11.9 Å². The summed E-state index contributed by atoms with van der Waals surface area (Å²) in [4.78, 5) is 12.1. The van der Waals surface area contributed by atoms with E-state index in [1.165, 1.54) is 4.68 Å². The summed E-state index contributed by atoms with van der Waals surface area (Å²) < 4.78 is 46.1. The number of nitrogens with zero attached hydrogens (tertiary/aromatic N) is 2. The van der Waals surface area contributed by atoms with Crippen molar-refractivity contribution in [2.24, 2.45) is 7.05 Å². The van der Waals surface area contributed by atoms with Crippen molar-refractivity contribution in [1.29, 1.82) is 0 Å². The Kier molecular flexibility index (Phi) is 4.28. The van der Waals surface area contributed by atoms with Gasteiger partial charge in [0.1, 0.15) is 18.1 Å². The number of hydrogen-bond donors (Lipinski definition) is 1. The molecule has 0 aromatic carbocycles. The highest BCUT2D eigenvalue weighted by atomic mass is 19.3. The molecular formula is C17H24F3N3O2. The maximum absolute atomic E-state index is 13.3. The van der Waals surface area contributed by atoms with Crippen LogP contribution in [0.4, 0.5) is 23.8 Å². The molecule has 0 radical (unpaired) electrons. The van der Waals surface area contributed by atoms with E-state index in [1.54, 1.807) is 7.05 Å². The highest BCUT2D eigenvalue weighted by molar-refractivity contribution is 5.85. The molecule has 2 saturated carbocycles. The molecule has 140 valence electrons. The standard InChI is InChI=1S/C17H24F3N3O2/c1-16(2,3)12-13(9-7-17(19,20)8-9)22-23(4)14(12)21-15(24)25-11-5-10(18)6-11/h9-11H,5-8H2,1-4H3,(H,21,24)/t10-,11+. The van der Waals surface area contributed by atoms with Gasteiger partial charge in [0.05, 0.1) is 5.69 Å². The van der Waals surface area contributed by atoms with Gasteiger partial charge >= 0.3 is 6.09 Å². The lowest BCUT2D eigenvalue weighted by Gasteiger charge is -2.35. The first-order valence-electron chi connectivity index (χ1n) is 8.53. The van der Waals surface area contributed by atoms with E-state index < -0.39 is 29.7 Å². The zero-order chi connectivity index (χ0) is 18.6. The van der Waals surface area contributed by atoms with Crippen molar-refractivity contribution in [2.45, 2.75) is 76.0 Å². The van der Waals surface area contributed by atoms with Gasteiger partial charge in [-0.3, -0.25) is 10.00 Å². The van der Waals surface area contributed by atoms with Gasteiger partial charge in [0, 0.05) is 44.2 Å². The average molecular weight is 359 g/mol. The minimum Gasteiger partial charge on any atom is -0.446 e. The molecule has 0 bridgehead atoms. The van der Waals surface area contributed by atoms with E-state index in [-0.39, 0.29) is 31.6 Å². The highest BCUT2D eigenvalue weighted by Gasteiger charge is 2.49. The zero-order valence-corrected chi connectivity index (χ0v) is 14.9. The Labute approximate surface area is 144 Å². The smallest absolute Gasteiger partial charge is 0.413 e. The minimum atomic E-state index is -2.64. The molecule has 0 saturated heterocycles. The number of hydrogen-bond acceptors (Lipinski definition) is 3. The lowest BCUT2D eigenvalue weighted by atomic mass is 9.74. The van der Waals surface area contributed by atoms with Crippen molar-refractivity contribution in [3.63, 3.8) is 0 Å². The first kappa shape index (κ1) is 18.1. The molecule has 1 N–H and O–H groups in total. The van der Waals surface area contributed by atoms with Crippen LogP contribution in [0.1, 0.15) is 63.6 Å². The highest BCUT2D eigenvalue weighted by Crippen LogP contribution is 2.51. The molecule has 2 aliphatic rings. The molecule has 0 unspecified atom stereocenters. The number of halogens is 3. The van der Waals surface area contributed by atoms with Gasteiger partial charge < -0.3 is 4.74 Å². The Bertz CT molecular complexity index is 667. The second-order valence-electron chi connectivity index (χ2n) is 8.16. The lowest BCUT2D eigenvalue weighted by molar-refractivity contribution is -0.0879. The van der Waals surface area contributed by atoms with Crippen LogP contribution < -0.4 is 5.32 Å². The second-order valence-corrected chi connectivity index (χ2v) is 8.16. The monoisotopic (exact) mass is 359 g/mol. The third-order valence-electron chi connectivity index (χ3n) is 4.83. The van der Waals surface area contributed by atoms with Crippen LogP contribution in [0.3, 0.4) is 0 Å². The van der Waals surface area contributed by atoms with Gasteiger partial charge in [-0.1, -0.05) is 20.8 Å². The fourth-order valence-corrected chi connectivity index (χ4v) is 3.44. The van der Waals surface area contributed by atoms with Gasteiger partial charge in [0.2, 0.25) is 5.92 Å². The summed E-state index contributed by atoms with van der Waals surface area (Å²) in [6.07, 6.45) is -2.01. The molecule has 3 rings (SSSR count). The van der Waals surface area contributed by atoms with Gasteiger partial charge in [0.25, 0.3) is 0 Å². The largest absolute Gasteiger partial charge is 0.446 e. The molecule has 2 aliphatic carbocycles. The van der Waals surface area contributed by atoms with Crippen LogP contribution in [0.5, 0.6) is 0 Å². The molecule has 25 heavy (non-hydrogen) atoms. The van der Waals surface area contributed by atoms with Crippen LogP contribution in [0, 0.1) is 0 Å². The molecule has 1 amide bonds. The van der Waals surface area contributed by atoms with Crippen LogP contribution in [-0.2, 0) is 17.2 Å². The number of carbonyl (C=O) groups excluding carboxylic acids is 1. The third-order valence-corrected chi connectivity index (χ3v) is 4.83. The Balaban J connectivity index is 1.80. The van der Waals surface area contributed by atoms with Crippen molar-refractivity contribution in [2.75, 3.05) is 5.32 Å². The number of aryl methyl sites for hydroxylation is 1. The minimum absolute atomic E-state index is 0.216. The number of aromatic nitrogens is 2. The number of alkyl halides is 3. The van der Waals surface area contributed by atoms with E-state index in [9.17, 15) is 18.0 Å². The van der Waals surface area contributed by atoms with Gasteiger partial charge in [-0.2, -0.15) is 5.10 Å². The summed E-state index contributed by atoms with van der Waals surface area (Å²) in [5.41, 5.74) is 0.950. The summed E-state index contributed by atoms with van der Waals surface area (Å²) >= 11 is 0. The maximum Gasteiger partial charge on any atom is 0.413 e. The van der Waals surface area contributed by atoms with Crippen molar-refractivity contribution in [1.82, 2.24) is 9.78 Å². The predicted molar refractivity (Wildman–Crippen MR) is 86.9 cm³/mol. The van der Waals surface area contributed by atoms with Crippen LogP contribution in [-0.4, -0.2) is 34.1 Å². The Hall–Kier alpha value is -1.73. The fourth-order valence-electron chi connectivity index (χ4n) is 3.44. The average Bonchev–Trinajstić information content (AvgIpc) is 2.71. The molecule has 5 nitrogen and oxygen atoms in total. The number of rotatable bonds is 3. The molecule has 1 aromatic rings. The molecule has 2 fully saturated rings. The molecule has 1 aromatic heterocycles. The van der Waals surface area contributed by atoms with Crippen LogP contribution >= 0.6 is 0 Å². The SMILES string of the molecule is Cn1nc(C2CC(F)(F)C2)c(C(C)(C)C)c1NC(=O)O[C@H]1C[C@@H](F)C1. The molecule has 1 heterocycles. The number of ether oxygens (including phenoxy) is 1. The summed E-state index contributed by atoms with van der Waals surface area (Å²) in [5.74, 6) is -2.52. The number of anilines is 1. The van der Waals surface area contributed by atoms with Crippen LogP contribution in [0.2, 0.25) is 0 Å². The molecule has 0 atom stereocenters. The predicted octanol–water partition coefficient (Wildman–Crippen LogP) is 4.28. The number of amides is 1. The molecule has 0 aliphatic heterocycles. The first-order valence-corrected chi connectivity index (χ1v) is 8.53. The van der Waals surface area contributed by atoms with Crippen LogP contribution in [0.25, 0.3) is 0 Å².